The monoisotopic (exact) mass is 265 g/mol. The number of hydrogen-bond acceptors (Lipinski definition) is 4. The molecule has 0 saturated carbocycles. The highest BCUT2D eigenvalue weighted by Crippen LogP contribution is 2.20. The van der Waals surface area contributed by atoms with E-state index in [-0.39, 0.29) is 17.2 Å². The van der Waals surface area contributed by atoms with Gasteiger partial charge in [0.25, 0.3) is 0 Å². The average molecular weight is 265 g/mol. The number of carbonyl (C=O) groups excluding carboxylic acids is 1. The summed E-state index contributed by atoms with van der Waals surface area (Å²) < 4.78 is 1.94. The number of aromatic nitrogens is 2. The summed E-state index contributed by atoms with van der Waals surface area (Å²) in [5.41, 5.74) is 6.81. The highest BCUT2D eigenvalue weighted by atomic mass is 32.1. The summed E-state index contributed by atoms with van der Waals surface area (Å²) in [7, 11) is 0. The lowest BCUT2D eigenvalue weighted by Crippen LogP contribution is -2.37. The van der Waals surface area contributed by atoms with Crippen LogP contribution < -0.4 is 5.73 Å². The predicted octanol–water partition coefficient (Wildman–Crippen LogP) is 2.27. The van der Waals surface area contributed by atoms with Crippen LogP contribution in [0.15, 0.2) is 17.8 Å². The number of fused-ring (bicyclic) bond motifs is 1. The van der Waals surface area contributed by atoms with Gasteiger partial charge in [0.05, 0.1) is 12.1 Å². The molecule has 2 rings (SSSR count). The van der Waals surface area contributed by atoms with Crippen LogP contribution in [0, 0.1) is 5.41 Å². The van der Waals surface area contributed by atoms with Gasteiger partial charge >= 0.3 is 0 Å². The van der Waals surface area contributed by atoms with E-state index < -0.39 is 0 Å². The molecule has 0 amide bonds. The van der Waals surface area contributed by atoms with Crippen molar-refractivity contribution in [2.75, 3.05) is 0 Å². The molecule has 0 radical (unpaired) electrons. The number of nitrogens with two attached hydrogens (primary N) is 1. The maximum absolute atomic E-state index is 11.9. The summed E-state index contributed by atoms with van der Waals surface area (Å²) in [4.78, 5) is 17.3. The molecule has 0 aliphatic heterocycles. The second-order valence-corrected chi connectivity index (χ2v) is 6.59. The Hall–Kier alpha value is -1.20. The zero-order valence-electron chi connectivity index (χ0n) is 11.0. The second kappa shape index (κ2) is 4.82. The third-order valence-electron chi connectivity index (χ3n) is 3.08. The van der Waals surface area contributed by atoms with Gasteiger partial charge in [-0.1, -0.05) is 20.8 Å². The Morgan fingerprint density at radius 2 is 2.28 bits per heavy atom. The van der Waals surface area contributed by atoms with Crippen molar-refractivity contribution in [1.82, 2.24) is 9.38 Å². The molecule has 5 heteroatoms. The van der Waals surface area contributed by atoms with Gasteiger partial charge in [-0.3, -0.25) is 9.20 Å². The van der Waals surface area contributed by atoms with E-state index in [1.54, 1.807) is 11.3 Å². The van der Waals surface area contributed by atoms with Gasteiger partial charge in [-0.25, -0.2) is 4.98 Å². The highest BCUT2D eigenvalue weighted by Gasteiger charge is 2.23. The third-order valence-corrected chi connectivity index (χ3v) is 3.85. The number of carbonyl (C=O) groups is 1. The topological polar surface area (TPSA) is 60.4 Å². The second-order valence-electron chi connectivity index (χ2n) is 5.72. The zero-order chi connectivity index (χ0) is 13.3. The smallest absolute Gasteiger partial charge is 0.193 e. The maximum Gasteiger partial charge on any atom is 0.193 e. The van der Waals surface area contributed by atoms with Crippen molar-refractivity contribution >= 4 is 22.1 Å². The van der Waals surface area contributed by atoms with E-state index >= 15 is 0 Å². The SMILES string of the molecule is CC(C)(C)C(N)CC(=O)Cc1cn2ccsc2n1. The molecule has 0 aliphatic carbocycles. The van der Waals surface area contributed by atoms with Crippen LogP contribution in [0.5, 0.6) is 0 Å². The first-order chi connectivity index (χ1) is 8.36. The van der Waals surface area contributed by atoms with Crippen LogP contribution in [-0.4, -0.2) is 21.2 Å². The molecule has 98 valence electrons. The fourth-order valence-electron chi connectivity index (χ4n) is 1.69. The first kappa shape index (κ1) is 13.2. The van der Waals surface area contributed by atoms with Gasteiger partial charge in [0.2, 0.25) is 0 Å². The molecule has 2 heterocycles. The lowest BCUT2D eigenvalue weighted by atomic mass is 9.84. The minimum atomic E-state index is -0.103. The molecule has 4 nitrogen and oxygen atoms in total. The maximum atomic E-state index is 11.9. The van der Waals surface area contributed by atoms with Gasteiger partial charge in [0, 0.05) is 30.2 Å². The zero-order valence-corrected chi connectivity index (χ0v) is 11.8. The van der Waals surface area contributed by atoms with Crippen LogP contribution >= 0.6 is 11.3 Å². The fourth-order valence-corrected chi connectivity index (χ4v) is 2.41. The molecule has 0 fully saturated rings. The molecule has 0 saturated heterocycles. The first-order valence-corrected chi connectivity index (χ1v) is 6.92. The summed E-state index contributed by atoms with van der Waals surface area (Å²) in [6, 6.07) is -0.103. The van der Waals surface area contributed by atoms with Crippen LogP contribution in [0.4, 0.5) is 0 Å². The third kappa shape index (κ3) is 2.97. The Morgan fingerprint density at radius 3 is 2.89 bits per heavy atom. The lowest BCUT2D eigenvalue weighted by molar-refractivity contribution is -0.119. The Kier molecular flexibility index (Phi) is 3.54. The number of Topliss-reactive ketones (excluding diaryl/α,β-unsaturated/α-hetero) is 1. The molecule has 18 heavy (non-hydrogen) atoms. The Morgan fingerprint density at radius 1 is 1.56 bits per heavy atom. The van der Waals surface area contributed by atoms with E-state index in [9.17, 15) is 4.79 Å². The molecular weight excluding hydrogens is 246 g/mol. The van der Waals surface area contributed by atoms with Gasteiger partial charge in [-0.15, -0.1) is 11.3 Å². The summed E-state index contributed by atoms with van der Waals surface area (Å²) in [6.07, 6.45) is 4.64. The van der Waals surface area contributed by atoms with E-state index in [0.717, 1.165) is 10.7 Å². The number of ketones is 1. The van der Waals surface area contributed by atoms with E-state index in [0.29, 0.717) is 12.8 Å². The van der Waals surface area contributed by atoms with E-state index in [1.165, 1.54) is 0 Å². The molecule has 2 N–H and O–H groups in total. The van der Waals surface area contributed by atoms with Crippen molar-refractivity contribution in [1.29, 1.82) is 0 Å². The van der Waals surface area contributed by atoms with Crippen molar-refractivity contribution < 1.29 is 4.79 Å². The van der Waals surface area contributed by atoms with E-state index in [2.05, 4.69) is 25.8 Å². The van der Waals surface area contributed by atoms with Crippen molar-refractivity contribution in [2.24, 2.45) is 11.1 Å². The van der Waals surface area contributed by atoms with Crippen molar-refractivity contribution in [3.63, 3.8) is 0 Å². The standard InChI is InChI=1S/C13H19N3OS/c1-13(2,3)11(14)7-10(17)6-9-8-16-4-5-18-12(16)15-9/h4-5,8,11H,6-7,14H2,1-3H3. The van der Waals surface area contributed by atoms with Crippen molar-refractivity contribution in [3.05, 3.63) is 23.5 Å². The van der Waals surface area contributed by atoms with Crippen LogP contribution in [0.3, 0.4) is 0 Å². The molecule has 1 unspecified atom stereocenters. The quantitative estimate of drug-likeness (QED) is 0.922. The fraction of sp³-hybridized carbons (Fsp3) is 0.538. The van der Waals surface area contributed by atoms with Crippen LogP contribution in [0.2, 0.25) is 0 Å². The van der Waals surface area contributed by atoms with Crippen LogP contribution in [0.1, 0.15) is 32.9 Å². The van der Waals surface area contributed by atoms with Gasteiger partial charge in [0.1, 0.15) is 5.78 Å². The van der Waals surface area contributed by atoms with Crippen molar-refractivity contribution in [3.8, 4) is 0 Å². The Labute approximate surface area is 111 Å². The molecule has 0 aliphatic rings. The van der Waals surface area contributed by atoms with Gasteiger partial charge in [0.15, 0.2) is 4.96 Å². The van der Waals surface area contributed by atoms with Crippen LogP contribution in [0.25, 0.3) is 4.96 Å². The van der Waals surface area contributed by atoms with Crippen LogP contribution in [-0.2, 0) is 11.2 Å². The summed E-state index contributed by atoms with van der Waals surface area (Å²) in [5.74, 6) is 0.156. The van der Waals surface area contributed by atoms with Gasteiger partial charge in [-0.05, 0) is 5.41 Å². The molecule has 2 aromatic heterocycles. The van der Waals surface area contributed by atoms with E-state index in [1.807, 2.05) is 22.2 Å². The molecule has 0 aromatic carbocycles. The number of nitrogens with zero attached hydrogens (tertiary/aromatic N) is 2. The number of thiazole rings is 1. The first-order valence-electron chi connectivity index (χ1n) is 6.04. The molecule has 2 aromatic rings. The molecule has 1 atom stereocenters. The van der Waals surface area contributed by atoms with Gasteiger partial charge in [-0.2, -0.15) is 0 Å². The highest BCUT2D eigenvalue weighted by molar-refractivity contribution is 7.15. The minimum absolute atomic E-state index is 0.0375. The summed E-state index contributed by atoms with van der Waals surface area (Å²) in [5, 5.41) is 1.98. The Bertz CT molecular complexity index is 521. The number of imidazole rings is 1. The van der Waals surface area contributed by atoms with Gasteiger partial charge < -0.3 is 5.73 Å². The van der Waals surface area contributed by atoms with Crippen molar-refractivity contribution in [2.45, 2.75) is 39.7 Å². The minimum Gasteiger partial charge on any atom is -0.327 e. The number of hydrogen-bond donors (Lipinski definition) is 1. The summed E-state index contributed by atoms with van der Waals surface area (Å²) in [6.45, 7) is 6.16. The van der Waals surface area contributed by atoms with E-state index in [4.69, 9.17) is 5.73 Å². The summed E-state index contributed by atoms with van der Waals surface area (Å²) >= 11 is 1.57. The molecule has 0 spiro atoms. The number of rotatable bonds is 4. The largest absolute Gasteiger partial charge is 0.327 e. The molecular formula is C13H19N3OS. The predicted molar refractivity (Wildman–Crippen MR) is 73.8 cm³/mol. The average Bonchev–Trinajstić information content (AvgIpc) is 2.75. The normalized spacial score (nSPS) is 14.0. The Balaban J connectivity index is 1.97. The molecule has 0 bridgehead atoms. The lowest BCUT2D eigenvalue weighted by Gasteiger charge is -2.26.